The first-order valence-corrected chi connectivity index (χ1v) is 8.55. The van der Waals surface area contributed by atoms with E-state index in [2.05, 4.69) is 4.99 Å². The number of carbonyl (C=O) groups excluding carboxylic acids is 1. The number of ether oxygens (including phenoxy) is 1. The number of hydrogen-bond acceptors (Lipinski definition) is 4. The van der Waals surface area contributed by atoms with Gasteiger partial charge < -0.3 is 9.84 Å². The lowest BCUT2D eigenvalue weighted by Crippen LogP contribution is -2.03. The van der Waals surface area contributed by atoms with Crippen molar-refractivity contribution in [2.45, 2.75) is 0 Å². The Bertz CT molecular complexity index is 960. The van der Waals surface area contributed by atoms with E-state index in [1.165, 1.54) is 6.08 Å². The number of esters is 1. The van der Waals surface area contributed by atoms with Crippen LogP contribution >= 0.6 is 11.6 Å². The third-order valence-corrected chi connectivity index (χ3v) is 3.84. The van der Waals surface area contributed by atoms with Crippen molar-refractivity contribution in [3.63, 3.8) is 0 Å². The predicted molar refractivity (Wildman–Crippen MR) is 108 cm³/mol. The van der Waals surface area contributed by atoms with Gasteiger partial charge in [-0.15, -0.1) is 0 Å². The molecule has 5 heteroatoms. The van der Waals surface area contributed by atoms with E-state index >= 15 is 0 Å². The quantitative estimate of drug-likeness (QED) is 0.280. The van der Waals surface area contributed by atoms with E-state index in [1.807, 2.05) is 12.1 Å². The van der Waals surface area contributed by atoms with Crippen molar-refractivity contribution in [2.75, 3.05) is 0 Å². The van der Waals surface area contributed by atoms with E-state index in [-0.39, 0.29) is 5.75 Å². The number of rotatable bonds is 5. The molecule has 0 saturated heterocycles. The predicted octanol–water partition coefficient (Wildman–Crippen LogP) is 5.42. The normalized spacial score (nSPS) is 11.1. The number of phenolic OH excluding ortho intramolecular Hbond substituents is 1. The van der Waals surface area contributed by atoms with Gasteiger partial charge in [0.25, 0.3) is 0 Å². The van der Waals surface area contributed by atoms with Crippen molar-refractivity contribution in [3.8, 4) is 11.5 Å². The van der Waals surface area contributed by atoms with Crippen LogP contribution in [-0.4, -0.2) is 17.3 Å². The first-order chi connectivity index (χ1) is 13.1. The molecule has 0 radical (unpaired) electrons. The lowest BCUT2D eigenvalue weighted by molar-refractivity contribution is -0.128. The van der Waals surface area contributed by atoms with Crippen molar-refractivity contribution < 1.29 is 14.6 Å². The van der Waals surface area contributed by atoms with E-state index in [1.54, 1.807) is 73.0 Å². The summed E-state index contributed by atoms with van der Waals surface area (Å²) in [5.74, 6) is 0.184. The minimum Gasteiger partial charge on any atom is -0.508 e. The van der Waals surface area contributed by atoms with Gasteiger partial charge in [-0.1, -0.05) is 23.7 Å². The summed E-state index contributed by atoms with van der Waals surface area (Å²) in [5.41, 5.74) is 2.45. The lowest BCUT2D eigenvalue weighted by Gasteiger charge is -2.02. The highest BCUT2D eigenvalue weighted by Gasteiger charge is 2.00. The number of aromatic hydroxyl groups is 1. The Kier molecular flexibility index (Phi) is 6.02. The monoisotopic (exact) mass is 377 g/mol. The van der Waals surface area contributed by atoms with Crippen LogP contribution in [0.2, 0.25) is 5.02 Å². The Labute approximate surface area is 162 Å². The number of carbonyl (C=O) groups is 1. The molecule has 0 spiro atoms. The number of benzene rings is 3. The summed E-state index contributed by atoms with van der Waals surface area (Å²) in [4.78, 5) is 16.2. The molecule has 0 fully saturated rings. The van der Waals surface area contributed by atoms with E-state index in [0.29, 0.717) is 10.8 Å². The van der Waals surface area contributed by atoms with Crippen LogP contribution in [0.5, 0.6) is 11.5 Å². The molecule has 3 aromatic rings. The average Bonchev–Trinajstić information content (AvgIpc) is 2.68. The fourth-order valence-electron chi connectivity index (χ4n) is 2.20. The second-order valence-corrected chi connectivity index (χ2v) is 6.09. The largest absolute Gasteiger partial charge is 0.508 e. The van der Waals surface area contributed by atoms with Crippen LogP contribution in [0.3, 0.4) is 0 Å². The van der Waals surface area contributed by atoms with Crippen molar-refractivity contribution in [3.05, 3.63) is 95.0 Å². The Balaban J connectivity index is 1.57. The molecule has 3 rings (SSSR count). The molecule has 27 heavy (non-hydrogen) atoms. The van der Waals surface area contributed by atoms with Gasteiger partial charge in [0.15, 0.2) is 0 Å². The van der Waals surface area contributed by atoms with Gasteiger partial charge in [-0.05, 0) is 77.9 Å². The van der Waals surface area contributed by atoms with Crippen LogP contribution in [-0.2, 0) is 4.79 Å². The smallest absolute Gasteiger partial charge is 0.336 e. The van der Waals surface area contributed by atoms with Crippen molar-refractivity contribution in [1.29, 1.82) is 0 Å². The molecule has 0 atom stereocenters. The van der Waals surface area contributed by atoms with E-state index in [4.69, 9.17) is 16.3 Å². The zero-order valence-corrected chi connectivity index (χ0v) is 15.0. The third kappa shape index (κ3) is 5.83. The molecule has 3 aromatic carbocycles. The van der Waals surface area contributed by atoms with Crippen molar-refractivity contribution >= 4 is 35.5 Å². The molecule has 134 valence electrons. The van der Waals surface area contributed by atoms with Gasteiger partial charge in [0.2, 0.25) is 0 Å². The van der Waals surface area contributed by atoms with E-state index in [0.717, 1.165) is 16.8 Å². The Hall–Kier alpha value is -3.37. The Morgan fingerprint density at radius 2 is 1.52 bits per heavy atom. The van der Waals surface area contributed by atoms with Crippen LogP contribution in [0.15, 0.2) is 83.9 Å². The molecule has 0 aromatic heterocycles. The highest BCUT2D eigenvalue weighted by atomic mass is 35.5. The molecule has 0 heterocycles. The Morgan fingerprint density at radius 1 is 0.889 bits per heavy atom. The molecule has 4 nitrogen and oxygen atoms in total. The maximum atomic E-state index is 11.9. The van der Waals surface area contributed by atoms with Crippen LogP contribution in [0.4, 0.5) is 5.69 Å². The lowest BCUT2D eigenvalue weighted by atomic mass is 10.2. The maximum absolute atomic E-state index is 11.9. The van der Waals surface area contributed by atoms with Crippen LogP contribution in [0.25, 0.3) is 6.08 Å². The fourth-order valence-corrected chi connectivity index (χ4v) is 2.32. The summed E-state index contributed by atoms with van der Waals surface area (Å²) in [6.07, 6.45) is 4.72. The average molecular weight is 378 g/mol. The highest BCUT2D eigenvalue weighted by molar-refractivity contribution is 6.30. The van der Waals surface area contributed by atoms with Gasteiger partial charge in [-0.2, -0.15) is 0 Å². The zero-order chi connectivity index (χ0) is 19.1. The van der Waals surface area contributed by atoms with E-state index < -0.39 is 5.97 Å². The molecule has 0 unspecified atom stereocenters. The van der Waals surface area contributed by atoms with Crippen LogP contribution in [0, 0.1) is 0 Å². The summed E-state index contributed by atoms with van der Waals surface area (Å²) >= 11 is 5.82. The summed E-state index contributed by atoms with van der Waals surface area (Å²) in [6.45, 7) is 0. The fraction of sp³-hybridized carbons (Fsp3) is 0. The molecule has 1 N–H and O–H groups in total. The molecule has 0 aliphatic rings. The SMILES string of the molecule is O=C(/C=C/c1ccc(Cl)cc1)Oc1ccc(C=Nc2ccc(O)cc2)cc1. The van der Waals surface area contributed by atoms with Crippen molar-refractivity contribution in [2.24, 2.45) is 4.99 Å². The zero-order valence-electron chi connectivity index (χ0n) is 14.2. The first kappa shape index (κ1) is 18.4. The first-order valence-electron chi connectivity index (χ1n) is 8.17. The van der Waals surface area contributed by atoms with Gasteiger partial charge >= 0.3 is 5.97 Å². The van der Waals surface area contributed by atoms with Crippen LogP contribution in [0.1, 0.15) is 11.1 Å². The second-order valence-electron chi connectivity index (χ2n) is 5.65. The molecule has 0 aliphatic carbocycles. The summed E-state index contributed by atoms with van der Waals surface area (Å²) in [5, 5.41) is 9.90. The van der Waals surface area contributed by atoms with Gasteiger partial charge in [-0.3, -0.25) is 4.99 Å². The summed E-state index contributed by atoms with van der Waals surface area (Å²) in [7, 11) is 0. The highest BCUT2D eigenvalue weighted by Crippen LogP contribution is 2.17. The van der Waals surface area contributed by atoms with Gasteiger partial charge in [0.1, 0.15) is 11.5 Å². The van der Waals surface area contributed by atoms with Gasteiger partial charge in [0, 0.05) is 17.3 Å². The number of nitrogens with zero attached hydrogens (tertiary/aromatic N) is 1. The third-order valence-electron chi connectivity index (χ3n) is 3.59. The van der Waals surface area contributed by atoms with Crippen molar-refractivity contribution in [1.82, 2.24) is 0 Å². The minimum atomic E-state index is -0.463. The number of aliphatic imine (C=N–C) groups is 1. The number of hydrogen-bond donors (Lipinski definition) is 1. The topological polar surface area (TPSA) is 58.9 Å². The Morgan fingerprint density at radius 3 is 2.19 bits per heavy atom. The molecular formula is C22H16ClNO3. The molecule has 0 amide bonds. The number of halogens is 1. The molecule has 0 saturated carbocycles. The van der Waals surface area contributed by atoms with Gasteiger partial charge in [0.05, 0.1) is 5.69 Å². The van der Waals surface area contributed by atoms with E-state index in [9.17, 15) is 9.90 Å². The van der Waals surface area contributed by atoms with Crippen LogP contribution < -0.4 is 4.74 Å². The standard InChI is InChI=1S/C22H16ClNO3/c23-18-6-1-16(2-7-18)5-14-22(26)27-21-12-3-17(4-13-21)15-24-19-8-10-20(25)11-9-19/h1-15,25H/b14-5+,24-15?. The molecule has 0 aliphatic heterocycles. The van der Waals surface area contributed by atoms with Gasteiger partial charge in [-0.25, -0.2) is 4.79 Å². The molecule has 0 bridgehead atoms. The maximum Gasteiger partial charge on any atom is 0.336 e. The summed E-state index contributed by atoms with van der Waals surface area (Å²) in [6, 6.07) is 20.7. The second kappa shape index (κ2) is 8.83. The number of phenols is 1. The summed E-state index contributed by atoms with van der Waals surface area (Å²) < 4.78 is 5.27. The molecular weight excluding hydrogens is 362 g/mol. The minimum absolute atomic E-state index is 0.199.